The maximum Gasteiger partial charge on any atom is 0.0557 e. The highest BCUT2D eigenvalue weighted by Crippen LogP contribution is 2.29. The number of aliphatic hydroxyl groups excluding tert-OH is 1. The molecule has 3 nitrogen and oxygen atoms in total. The monoisotopic (exact) mass is 340 g/mol. The number of benzene rings is 1. The summed E-state index contributed by atoms with van der Waals surface area (Å²) in [7, 11) is 0. The van der Waals surface area contributed by atoms with Crippen LogP contribution in [0, 0.1) is 5.92 Å². The highest BCUT2D eigenvalue weighted by molar-refractivity contribution is 9.10. The zero-order valence-corrected chi connectivity index (χ0v) is 14.2. The van der Waals surface area contributed by atoms with E-state index in [4.69, 9.17) is 0 Å². The van der Waals surface area contributed by atoms with Crippen molar-refractivity contribution in [1.82, 2.24) is 5.32 Å². The van der Waals surface area contributed by atoms with Gasteiger partial charge in [0, 0.05) is 41.8 Å². The highest BCUT2D eigenvalue weighted by atomic mass is 79.9. The van der Waals surface area contributed by atoms with Crippen molar-refractivity contribution in [3.63, 3.8) is 0 Å². The van der Waals surface area contributed by atoms with E-state index >= 15 is 0 Å². The van der Waals surface area contributed by atoms with Crippen LogP contribution in [0.25, 0.3) is 0 Å². The molecule has 1 aliphatic heterocycles. The lowest BCUT2D eigenvalue weighted by atomic mass is 10.0. The first-order chi connectivity index (χ1) is 9.47. The summed E-state index contributed by atoms with van der Waals surface area (Å²) in [5.74, 6) is 0.399. The van der Waals surface area contributed by atoms with Crippen molar-refractivity contribution in [2.24, 2.45) is 5.92 Å². The maximum absolute atomic E-state index is 9.69. The zero-order valence-electron chi connectivity index (χ0n) is 12.6. The number of anilines is 1. The molecule has 2 N–H and O–H groups in total. The van der Waals surface area contributed by atoms with E-state index in [1.165, 1.54) is 11.3 Å². The van der Waals surface area contributed by atoms with Crippen LogP contribution in [0.5, 0.6) is 0 Å². The number of hydrogen-bond acceptors (Lipinski definition) is 3. The van der Waals surface area contributed by atoms with Crippen LogP contribution in [0.3, 0.4) is 0 Å². The van der Waals surface area contributed by atoms with Gasteiger partial charge in [0.25, 0.3) is 0 Å². The van der Waals surface area contributed by atoms with Crippen molar-refractivity contribution >= 4 is 21.6 Å². The standard InChI is InChI=1S/C16H25BrN2O/c1-11(2)18-9-13-4-5-15(8-16(13)17)19-7-6-14(10-19)12(3)20/h4-5,8,11-12,14,18,20H,6-7,9-10H2,1-3H3. The molecule has 112 valence electrons. The second-order valence-electron chi connectivity index (χ2n) is 6.05. The van der Waals surface area contributed by atoms with Gasteiger partial charge in [-0.05, 0) is 31.0 Å². The van der Waals surface area contributed by atoms with Crippen LogP contribution in [-0.2, 0) is 6.54 Å². The largest absolute Gasteiger partial charge is 0.393 e. The van der Waals surface area contributed by atoms with Gasteiger partial charge in [0.15, 0.2) is 0 Å². The molecule has 1 aromatic carbocycles. The highest BCUT2D eigenvalue weighted by Gasteiger charge is 2.26. The Labute approximate surface area is 130 Å². The van der Waals surface area contributed by atoms with Gasteiger partial charge in [-0.15, -0.1) is 0 Å². The van der Waals surface area contributed by atoms with E-state index in [2.05, 4.69) is 58.2 Å². The van der Waals surface area contributed by atoms with Gasteiger partial charge in [-0.1, -0.05) is 35.8 Å². The Morgan fingerprint density at radius 1 is 1.40 bits per heavy atom. The number of aliphatic hydroxyl groups is 1. The Kier molecular flexibility index (Phi) is 5.47. The second-order valence-corrected chi connectivity index (χ2v) is 6.90. The molecule has 1 fully saturated rings. The van der Waals surface area contributed by atoms with Gasteiger partial charge in [0.05, 0.1) is 6.10 Å². The molecule has 2 unspecified atom stereocenters. The number of rotatable bonds is 5. The molecule has 2 atom stereocenters. The van der Waals surface area contributed by atoms with E-state index in [1.54, 1.807) is 0 Å². The molecule has 1 aromatic rings. The van der Waals surface area contributed by atoms with E-state index in [-0.39, 0.29) is 6.10 Å². The van der Waals surface area contributed by atoms with Crippen LogP contribution in [0.1, 0.15) is 32.8 Å². The summed E-state index contributed by atoms with van der Waals surface area (Å²) in [6, 6.07) is 7.06. The van der Waals surface area contributed by atoms with Crippen molar-refractivity contribution < 1.29 is 5.11 Å². The molecule has 1 heterocycles. The Hall–Kier alpha value is -0.580. The lowest BCUT2D eigenvalue weighted by Gasteiger charge is -2.21. The van der Waals surface area contributed by atoms with Gasteiger partial charge in [-0.3, -0.25) is 0 Å². The second kappa shape index (κ2) is 6.92. The zero-order chi connectivity index (χ0) is 14.7. The predicted octanol–water partition coefficient (Wildman–Crippen LogP) is 3.15. The van der Waals surface area contributed by atoms with Crippen LogP contribution in [0.2, 0.25) is 0 Å². The Morgan fingerprint density at radius 3 is 2.70 bits per heavy atom. The quantitative estimate of drug-likeness (QED) is 0.864. The summed E-state index contributed by atoms with van der Waals surface area (Å²) >= 11 is 3.67. The Morgan fingerprint density at radius 2 is 2.15 bits per heavy atom. The molecule has 0 spiro atoms. The molecule has 2 rings (SSSR count). The molecule has 4 heteroatoms. The van der Waals surface area contributed by atoms with Gasteiger partial charge in [0.2, 0.25) is 0 Å². The smallest absolute Gasteiger partial charge is 0.0557 e. The molecule has 0 saturated carbocycles. The number of nitrogens with zero attached hydrogens (tertiary/aromatic N) is 1. The fourth-order valence-corrected chi connectivity index (χ4v) is 3.11. The molecule has 0 aromatic heterocycles. The van der Waals surface area contributed by atoms with E-state index in [1.807, 2.05) is 6.92 Å². The van der Waals surface area contributed by atoms with E-state index in [0.717, 1.165) is 30.5 Å². The molecule has 0 aliphatic carbocycles. The molecule has 20 heavy (non-hydrogen) atoms. The first-order valence-corrected chi connectivity index (χ1v) is 8.21. The minimum atomic E-state index is -0.210. The van der Waals surface area contributed by atoms with Gasteiger partial charge >= 0.3 is 0 Å². The molecular formula is C16H25BrN2O. The lowest BCUT2D eigenvalue weighted by molar-refractivity contribution is 0.136. The fraction of sp³-hybridized carbons (Fsp3) is 0.625. The van der Waals surface area contributed by atoms with Gasteiger partial charge in [0.1, 0.15) is 0 Å². The molecule has 1 aliphatic rings. The van der Waals surface area contributed by atoms with Crippen LogP contribution >= 0.6 is 15.9 Å². The Bertz CT molecular complexity index is 448. The van der Waals surface area contributed by atoms with Crippen molar-refractivity contribution in [1.29, 1.82) is 0 Å². The average Bonchev–Trinajstić information content (AvgIpc) is 2.86. The van der Waals surface area contributed by atoms with Crippen molar-refractivity contribution in [3.8, 4) is 0 Å². The van der Waals surface area contributed by atoms with Crippen LogP contribution in [-0.4, -0.2) is 30.3 Å². The molecule has 1 saturated heterocycles. The van der Waals surface area contributed by atoms with Crippen molar-refractivity contribution in [2.45, 2.75) is 45.9 Å². The minimum absolute atomic E-state index is 0.210. The summed E-state index contributed by atoms with van der Waals surface area (Å²) in [5.41, 5.74) is 2.53. The first-order valence-electron chi connectivity index (χ1n) is 7.42. The SMILES string of the molecule is CC(C)NCc1ccc(N2CCC(C(C)O)C2)cc1Br. The van der Waals surface area contributed by atoms with Crippen LogP contribution in [0.4, 0.5) is 5.69 Å². The van der Waals surface area contributed by atoms with Crippen LogP contribution in [0.15, 0.2) is 22.7 Å². The third kappa shape index (κ3) is 3.96. The summed E-state index contributed by atoms with van der Waals surface area (Å²) in [6.07, 6.45) is 0.865. The van der Waals surface area contributed by atoms with E-state index in [9.17, 15) is 5.11 Å². The van der Waals surface area contributed by atoms with Crippen molar-refractivity contribution in [3.05, 3.63) is 28.2 Å². The number of halogens is 1. The third-order valence-electron chi connectivity index (χ3n) is 4.01. The first kappa shape index (κ1) is 15.8. The number of nitrogens with one attached hydrogen (secondary N) is 1. The van der Waals surface area contributed by atoms with E-state index < -0.39 is 0 Å². The molecule has 0 amide bonds. The van der Waals surface area contributed by atoms with Gasteiger partial charge < -0.3 is 15.3 Å². The number of hydrogen-bond donors (Lipinski definition) is 2. The molecule has 0 radical (unpaired) electrons. The van der Waals surface area contributed by atoms with Gasteiger partial charge in [-0.25, -0.2) is 0 Å². The minimum Gasteiger partial charge on any atom is -0.393 e. The summed E-state index contributed by atoms with van der Waals surface area (Å²) in [6.45, 7) is 9.07. The molecule has 0 bridgehead atoms. The fourth-order valence-electron chi connectivity index (χ4n) is 2.61. The van der Waals surface area contributed by atoms with E-state index in [0.29, 0.717) is 12.0 Å². The maximum atomic E-state index is 9.69. The lowest BCUT2D eigenvalue weighted by Crippen LogP contribution is -2.24. The summed E-state index contributed by atoms with van der Waals surface area (Å²) in [5, 5.41) is 13.1. The Balaban J connectivity index is 2.02. The summed E-state index contributed by atoms with van der Waals surface area (Å²) < 4.78 is 1.16. The van der Waals surface area contributed by atoms with Crippen LogP contribution < -0.4 is 10.2 Å². The summed E-state index contributed by atoms with van der Waals surface area (Å²) in [4.78, 5) is 2.36. The normalized spacial score (nSPS) is 20.7. The predicted molar refractivity (Wildman–Crippen MR) is 88.1 cm³/mol. The third-order valence-corrected chi connectivity index (χ3v) is 4.75. The van der Waals surface area contributed by atoms with Crippen molar-refractivity contribution in [2.75, 3.05) is 18.0 Å². The van der Waals surface area contributed by atoms with Gasteiger partial charge in [-0.2, -0.15) is 0 Å². The topological polar surface area (TPSA) is 35.5 Å². The molecular weight excluding hydrogens is 316 g/mol. The average molecular weight is 341 g/mol.